The number of ether oxygens (including phenoxy) is 1. The Morgan fingerprint density at radius 2 is 0.525 bits per heavy atom. The van der Waals surface area contributed by atoms with E-state index in [1.54, 1.807) is 22.7 Å². The Kier molecular flexibility index (Phi) is 14.1. The fourth-order valence-electron chi connectivity index (χ4n) is 10.4. The third-order valence-electron chi connectivity index (χ3n) is 13.9. The molecule has 13 aromatic rings. The van der Waals surface area contributed by atoms with Crippen molar-refractivity contribution in [3.63, 3.8) is 0 Å². The molecule has 0 atom stereocenters. The summed E-state index contributed by atoms with van der Waals surface area (Å²) in [4.78, 5) is 11.7. The first-order valence-electron chi connectivity index (χ1n) is 26.6. The van der Waals surface area contributed by atoms with Crippen LogP contribution in [0, 0.1) is 0 Å². The van der Waals surface area contributed by atoms with Crippen molar-refractivity contribution >= 4 is 118 Å². The van der Waals surface area contributed by atoms with E-state index in [0.29, 0.717) is 11.5 Å². The van der Waals surface area contributed by atoms with E-state index in [2.05, 4.69) is 344 Å². The number of nitrogens with zero attached hydrogens (tertiary/aromatic N) is 5. The zero-order valence-electron chi connectivity index (χ0n) is 43.6. The van der Waals surface area contributed by atoms with E-state index in [1.807, 2.05) is 0 Å². The SMILES string of the molecule is c1ccc(N(c2ccccc2)c2cc(N(c3ccccc3)c3ccccc3)cc(N(c3ccccc3)c3cscc3Oc3cc(N(c4ccccc4)c4ccccc4)cc(N(c4ccccc4)c4csc5ccccc45)c3)c2)cc1. The molecule has 0 bridgehead atoms. The zero-order chi connectivity index (χ0) is 53.5. The Balaban J connectivity index is 1.02. The maximum Gasteiger partial charge on any atom is 0.162 e. The molecule has 0 aliphatic carbocycles. The quantitative estimate of drug-likeness (QED) is 0.0901. The highest BCUT2D eigenvalue weighted by Crippen LogP contribution is 2.51. The molecule has 6 nitrogen and oxygen atoms in total. The topological polar surface area (TPSA) is 25.4 Å². The number of benzene rings is 11. The number of fused-ring (bicyclic) bond motifs is 1. The molecule has 2 aromatic heterocycles. The highest BCUT2D eigenvalue weighted by Gasteiger charge is 2.26. The predicted octanol–water partition coefficient (Wildman–Crippen LogP) is 22.1. The maximum absolute atomic E-state index is 7.50. The normalized spacial score (nSPS) is 11.0. The number of hydrogen-bond acceptors (Lipinski definition) is 8. The first kappa shape index (κ1) is 49.5. The maximum atomic E-state index is 7.50. The third-order valence-corrected chi connectivity index (χ3v) is 15.6. The van der Waals surface area contributed by atoms with E-state index in [1.165, 1.54) is 10.1 Å². The minimum Gasteiger partial charge on any atom is -0.454 e. The van der Waals surface area contributed by atoms with Crippen LogP contribution in [0.1, 0.15) is 0 Å². The Morgan fingerprint density at radius 1 is 0.237 bits per heavy atom. The Hall–Kier alpha value is -10.1. The molecule has 8 heteroatoms. The molecule has 0 N–H and O–H groups in total. The summed E-state index contributed by atoms with van der Waals surface area (Å²) in [5.74, 6) is 1.38. The monoisotopic (exact) mass is 1070 g/mol. The molecule has 0 saturated heterocycles. The predicted molar refractivity (Wildman–Crippen MR) is 340 cm³/mol. The molecule has 80 heavy (non-hydrogen) atoms. The van der Waals surface area contributed by atoms with Gasteiger partial charge in [0.05, 0.1) is 39.8 Å². The van der Waals surface area contributed by atoms with E-state index in [-0.39, 0.29) is 0 Å². The van der Waals surface area contributed by atoms with Crippen LogP contribution in [0.15, 0.2) is 319 Å². The molecule has 0 amide bonds. The van der Waals surface area contributed by atoms with Crippen molar-refractivity contribution in [2.24, 2.45) is 0 Å². The number of anilines is 15. The second-order valence-corrected chi connectivity index (χ2v) is 20.7. The summed E-state index contributed by atoms with van der Waals surface area (Å²) in [7, 11) is 0. The van der Waals surface area contributed by atoms with Crippen LogP contribution in [-0.2, 0) is 0 Å². The summed E-state index contributed by atoms with van der Waals surface area (Å²) in [6, 6.07) is 107. The van der Waals surface area contributed by atoms with Gasteiger partial charge in [-0.25, -0.2) is 0 Å². The molecular weight excluding hydrogens is 1010 g/mol. The van der Waals surface area contributed by atoms with Crippen molar-refractivity contribution in [3.05, 3.63) is 319 Å². The molecule has 13 rings (SSSR count). The lowest BCUT2D eigenvalue weighted by Crippen LogP contribution is -2.16. The molecule has 0 aliphatic heterocycles. The lowest BCUT2D eigenvalue weighted by molar-refractivity contribution is 0.486. The number of hydrogen-bond donors (Lipinski definition) is 0. The van der Waals surface area contributed by atoms with Gasteiger partial charge in [0.2, 0.25) is 0 Å². The standard InChI is InChI=1S/C72H53N5OS2/c1-9-27-54(28-10-1)73(55-29-11-2-12-30-55)62-45-63(74(56-31-13-3-14-32-56)57-33-15-4-16-34-57)47-64(46-62)77(61-41-23-8-24-42-61)70-51-79-53-71(70)78-67-49-65(75(58-35-17-5-18-36-58)59-37-19-6-20-38-59)48-66(50-67)76(60-39-21-7-22-40-60)69-52-80-72-44-26-25-43-68(69)72/h1-53H. The van der Waals surface area contributed by atoms with Crippen LogP contribution in [0.2, 0.25) is 0 Å². The summed E-state index contributed by atoms with van der Waals surface area (Å²) >= 11 is 3.37. The van der Waals surface area contributed by atoms with E-state index in [9.17, 15) is 0 Å². The van der Waals surface area contributed by atoms with Gasteiger partial charge in [-0.15, -0.1) is 22.7 Å². The lowest BCUT2D eigenvalue weighted by atomic mass is 10.1. The van der Waals surface area contributed by atoms with Gasteiger partial charge >= 0.3 is 0 Å². The van der Waals surface area contributed by atoms with E-state index >= 15 is 0 Å². The van der Waals surface area contributed by atoms with Crippen LogP contribution in [0.4, 0.5) is 85.3 Å². The first-order valence-corrected chi connectivity index (χ1v) is 28.4. The largest absolute Gasteiger partial charge is 0.454 e. The van der Waals surface area contributed by atoms with Gasteiger partial charge in [0.25, 0.3) is 0 Å². The minimum absolute atomic E-state index is 0.676. The number of rotatable bonds is 17. The van der Waals surface area contributed by atoms with Crippen molar-refractivity contribution in [3.8, 4) is 11.5 Å². The lowest BCUT2D eigenvalue weighted by Gasteiger charge is -2.33. The molecule has 0 unspecified atom stereocenters. The zero-order valence-corrected chi connectivity index (χ0v) is 45.2. The van der Waals surface area contributed by atoms with Gasteiger partial charge in [0.1, 0.15) is 5.75 Å². The van der Waals surface area contributed by atoms with Gasteiger partial charge in [-0.3, -0.25) is 0 Å². The van der Waals surface area contributed by atoms with E-state index < -0.39 is 0 Å². The molecule has 0 radical (unpaired) electrons. The van der Waals surface area contributed by atoms with E-state index in [0.717, 1.165) is 85.3 Å². The molecule has 384 valence electrons. The second-order valence-electron chi connectivity index (χ2n) is 19.1. The Morgan fingerprint density at radius 3 is 0.900 bits per heavy atom. The summed E-state index contributed by atoms with van der Waals surface area (Å²) in [5.41, 5.74) is 15.0. The minimum atomic E-state index is 0.676. The fraction of sp³-hybridized carbons (Fsp3) is 0. The summed E-state index contributed by atoms with van der Waals surface area (Å²) in [6.45, 7) is 0. The molecule has 2 heterocycles. The highest BCUT2D eigenvalue weighted by molar-refractivity contribution is 7.17. The van der Waals surface area contributed by atoms with Crippen molar-refractivity contribution in [1.29, 1.82) is 0 Å². The van der Waals surface area contributed by atoms with E-state index in [4.69, 9.17) is 4.74 Å². The van der Waals surface area contributed by atoms with Gasteiger partial charge in [0.15, 0.2) is 5.75 Å². The van der Waals surface area contributed by atoms with Gasteiger partial charge < -0.3 is 29.2 Å². The summed E-state index contributed by atoms with van der Waals surface area (Å²) in [6.07, 6.45) is 0. The molecule has 0 fully saturated rings. The van der Waals surface area contributed by atoms with Crippen LogP contribution in [0.3, 0.4) is 0 Å². The van der Waals surface area contributed by atoms with Crippen molar-refractivity contribution < 1.29 is 4.74 Å². The van der Waals surface area contributed by atoms with Gasteiger partial charge in [-0.2, -0.15) is 0 Å². The van der Waals surface area contributed by atoms with Crippen LogP contribution < -0.4 is 29.2 Å². The Bertz CT molecular complexity index is 3890. The summed E-state index contributed by atoms with van der Waals surface area (Å²) in [5, 5.41) is 7.76. The molecular formula is C72H53N5OS2. The van der Waals surface area contributed by atoms with Gasteiger partial charge in [-0.05, 0) is 127 Å². The van der Waals surface area contributed by atoms with Crippen molar-refractivity contribution in [2.75, 3.05) is 24.5 Å². The van der Waals surface area contributed by atoms with Gasteiger partial charge in [-0.1, -0.05) is 164 Å². The highest BCUT2D eigenvalue weighted by atomic mass is 32.1. The van der Waals surface area contributed by atoms with Crippen molar-refractivity contribution in [2.45, 2.75) is 0 Å². The van der Waals surface area contributed by atoms with Crippen LogP contribution in [-0.4, -0.2) is 0 Å². The van der Waals surface area contributed by atoms with Crippen molar-refractivity contribution in [1.82, 2.24) is 0 Å². The smallest absolute Gasteiger partial charge is 0.162 e. The van der Waals surface area contributed by atoms with Crippen LogP contribution in [0.5, 0.6) is 11.5 Å². The van der Waals surface area contributed by atoms with Crippen LogP contribution >= 0.6 is 22.7 Å². The third kappa shape index (κ3) is 10.3. The average Bonchev–Trinajstić information content (AvgIpc) is 4.31. The number of para-hydroxylation sites is 8. The first-order chi connectivity index (χ1) is 39.7. The molecule has 0 aliphatic rings. The molecule has 0 saturated carbocycles. The average molecular weight is 1070 g/mol. The van der Waals surface area contributed by atoms with Gasteiger partial charge in [0, 0.05) is 83.9 Å². The Labute approximate surface area is 475 Å². The van der Waals surface area contributed by atoms with Crippen LogP contribution in [0.25, 0.3) is 10.1 Å². The summed E-state index contributed by atoms with van der Waals surface area (Å²) < 4.78 is 8.71. The molecule has 11 aromatic carbocycles. The molecule has 0 spiro atoms. The second kappa shape index (κ2) is 22.8. The number of thiophene rings is 2. The fourth-order valence-corrected chi connectivity index (χ4v) is 12.1.